The molecule has 0 unspecified atom stereocenters. The lowest BCUT2D eigenvalue weighted by Crippen LogP contribution is -2.31. The van der Waals surface area contributed by atoms with E-state index in [2.05, 4.69) is 13.8 Å². The zero-order valence-electron chi connectivity index (χ0n) is 12.4. The van der Waals surface area contributed by atoms with Gasteiger partial charge < -0.3 is 4.57 Å². The number of hydrogen-bond acceptors (Lipinski definition) is 2. The van der Waals surface area contributed by atoms with Crippen LogP contribution in [0.3, 0.4) is 0 Å². The number of alkyl halides is 1. The first-order valence-corrected chi connectivity index (χ1v) is 9.07. The van der Waals surface area contributed by atoms with E-state index in [1.54, 1.807) is 21.1 Å². The number of halogens is 1. The number of sulfonamides is 1. The summed E-state index contributed by atoms with van der Waals surface area (Å²) in [6, 6.07) is 1.68. The molecular formula is C14H23ClN2O2S. The lowest BCUT2D eigenvalue weighted by Gasteiger charge is -2.26. The van der Waals surface area contributed by atoms with Crippen molar-refractivity contribution in [1.29, 1.82) is 0 Å². The van der Waals surface area contributed by atoms with E-state index in [0.29, 0.717) is 23.9 Å². The van der Waals surface area contributed by atoms with Crippen LogP contribution in [0.15, 0.2) is 17.2 Å². The molecule has 6 heteroatoms. The van der Waals surface area contributed by atoms with Gasteiger partial charge in [0.2, 0.25) is 10.0 Å². The van der Waals surface area contributed by atoms with E-state index in [1.807, 2.05) is 7.05 Å². The Hall–Kier alpha value is -0.520. The molecule has 114 valence electrons. The van der Waals surface area contributed by atoms with Crippen LogP contribution in [0.4, 0.5) is 0 Å². The second-order valence-corrected chi connectivity index (χ2v) is 7.91. The molecule has 0 bridgehead atoms. The maximum atomic E-state index is 12.7. The van der Waals surface area contributed by atoms with E-state index in [1.165, 1.54) is 0 Å². The quantitative estimate of drug-likeness (QED) is 0.783. The van der Waals surface area contributed by atoms with Gasteiger partial charge in [-0.05, 0) is 30.7 Å². The molecule has 1 fully saturated rings. The van der Waals surface area contributed by atoms with Crippen LogP contribution in [-0.2, 0) is 23.0 Å². The van der Waals surface area contributed by atoms with Crippen LogP contribution in [0, 0.1) is 5.41 Å². The largest absolute Gasteiger partial charge is 0.352 e. The molecule has 1 saturated heterocycles. The van der Waals surface area contributed by atoms with E-state index in [0.717, 1.165) is 25.0 Å². The summed E-state index contributed by atoms with van der Waals surface area (Å²) < 4.78 is 28.8. The van der Waals surface area contributed by atoms with Gasteiger partial charge in [-0.15, -0.1) is 11.6 Å². The molecule has 1 aliphatic rings. The van der Waals surface area contributed by atoms with Gasteiger partial charge in [0, 0.05) is 32.0 Å². The highest BCUT2D eigenvalue weighted by molar-refractivity contribution is 7.89. The first kappa shape index (κ1) is 15.9. The normalized spacial score (nSPS) is 19.6. The lowest BCUT2D eigenvalue weighted by molar-refractivity contribution is 0.279. The Labute approximate surface area is 126 Å². The Bertz CT molecular complexity index is 576. The summed E-state index contributed by atoms with van der Waals surface area (Å²) in [5.74, 6) is 0.319. The summed E-state index contributed by atoms with van der Waals surface area (Å²) in [5, 5.41) is 0. The number of hydrogen-bond donors (Lipinski definition) is 0. The highest BCUT2D eigenvalue weighted by Crippen LogP contribution is 2.39. The topological polar surface area (TPSA) is 42.3 Å². The zero-order valence-corrected chi connectivity index (χ0v) is 14.0. The third-order valence-corrected chi connectivity index (χ3v) is 6.85. The Kier molecular flexibility index (Phi) is 4.52. The van der Waals surface area contributed by atoms with Gasteiger partial charge in [0.15, 0.2) is 0 Å². The summed E-state index contributed by atoms with van der Waals surface area (Å²) in [5.41, 5.74) is 0.971. The average molecular weight is 319 g/mol. The number of rotatable bonds is 5. The van der Waals surface area contributed by atoms with Gasteiger partial charge in [0.05, 0.1) is 5.88 Å². The van der Waals surface area contributed by atoms with Crippen molar-refractivity contribution >= 4 is 21.6 Å². The molecule has 1 aromatic heterocycles. The van der Waals surface area contributed by atoms with Crippen molar-refractivity contribution in [3.8, 4) is 0 Å². The van der Waals surface area contributed by atoms with Crippen LogP contribution in [0.5, 0.6) is 0 Å². The summed E-state index contributed by atoms with van der Waals surface area (Å²) in [6.07, 6.45) is 4.66. The summed E-state index contributed by atoms with van der Waals surface area (Å²) in [4.78, 5) is 0.360. The molecular weight excluding hydrogens is 296 g/mol. The smallest absolute Gasteiger partial charge is 0.244 e. The Balaban J connectivity index is 2.27. The molecule has 0 aliphatic carbocycles. The first-order chi connectivity index (χ1) is 9.38. The minimum Gasteiger partial charge on any atom is -0.352 e. The lowest BCUT2D eigenvalue weighted by atomic mass is 9.82. The van der Waals surface area contributed by atoms with Crippen LogP contribution in [0.1, 0.15) is 38.8 Å². The first-order valence-electron chi connectivity index (χ1n) is 7.10. The maximum Gasteiger partial charge on any atom is 0.244 e. The molecule has 0 amide bonds. The second kappa shape index (κ2) is 5.70. The van der Waals surface area contributed by atoms with Gasteiger partial charge in [0.1, 0.15) is 4.90 Å². The molecule has 0 radical (unpaired) electrons. The van der Waals surface area contributed by atoms with Gasteiger partial charge >= 0.3 is 0 Å². The molecule has 2 rings (SSSR count). The molecule has 0 N–H and O–H groups in total. The van der Waals surface area contributed by atoms with Crippen LogP contribution >= 0.6 is 11.6 Å². The fourth-order valence-corrected chi connectivity index (χ4v) is 4.84. The molecule has 1 aliphatic heterocycles. The molecule has 0 spiro atoms. The van der Waals surface area contributed by atoms with Gasteiger partial charge in [-0.3, -0.25) is 0 Å². The number of nitrogens with zero attached hydrogens (tertiary/aromatic N) is 2. The van der Waals surface area contributed by atoms with Gasteiger partial charge in [0.25, 0.3) is 0 Å². The minimum absolute atomic E-state index is 0.150. The van der Waals surface area contributed by atoms with Crippen molar-refractivity contribution in [1.82, 2.24) is 8.87 Å². The van der Waals surface area contributed by atoms with E-state index >= 15 is 0 Å². The van der Waals surface area contributed by atoms with E-state index in [9.17, 15) is 8.42 Å². The predicted molar refractivity (Wildman–Crippen MR) is 81.4 cm³/mol. The number of aryl methyl sites for hydroxylation is 1. The number of aromatic nitrogens is 1. The van der Waals surface area contributed by atoms with Gasteiger partial charge in [-0.2, -0.15) is 4.31 Å². The molecule has 0 aromatic carbocycles. The maximum absolute atomic E-state index is 12.7. The minimum atomic E-state index is -3.39. The van der Waals surface area contributed by atoms with Crippen molar-refractivity contribution in [2.75, 3.05) is 13.1 Å². The van der Waals surface area contributed by atoms with Crippen molar-refractivity contribution < 1.29 is 8.42 Å². The molecule has 1 aromatic rings. The van der Waals surface area contributed by atoms with Crippen molar-refractivity contribution in [2.45, 2.75) is 43.9 Å². The van der Waals surface area contributed by atoms with Gasteiger partial charge in [-0.1, -0.05) is 13.8 Å². The second-order valence-electron chi connectivity index (χ2n) is 5.71. The standard InChI is InChI=1S/C14H23ClN2O2S/c1-4-14(5-2)6-7-17(11-14)20(18,19)13-8-12(9-15)16(3)10-13/h8,10H,4-7,9,11H2,1-3H3. The third-order valence-electron chi connectivity index (χ3n) is 4.76. The molecule has 0 saturated carbocycles. The van der Waals surface area contributed by atoms with Crippen LogP contribution < -0.4 is 0 Å². The monoisotopic (exact) mass is 318 g/mol. The van der Waals surface area contributed by atoms with Crippen LogP contribution in [0.2, 0.25) is 0 Å². The molecule has 0 atom stereocenters. The molecule has 2 heterocycles. The molecule has 4 nitrogen and oxygen atoms in total. The van der Waals surface area contributed by atoms with Crippen molar-refractivity contribution in [3.05, 3.63) is 18.0 Å². The van der Waals surface area contributed by atoms with E-state index in [4.69, 9.17) is 11.6 Å². The summed E-state index contributed by atoms with van der Waals surface area (Å²) in [7, 11) is -1.57. The molecule has 20 heavy (non-hydrogen) atoms. The van der Waals surface area contributed by atoms with Crippen molar-refractivity contribution in [2.24, 2.45) is 12.5 Å². The Morgan fingerprint density at radius 3 is 2.45 bits per heavy atom. The highest BCUT2D eigenvalue weighted by Gasteiger charge is 2.40. The summed E-state index contributed by atoms with van der Waals surface area (Å²) in [6.45, 7) is 5.55. The van der Waals surface area contributed by atoms with Crippen LogP contribution in [-0.4, -0.2) is 30.4 Å². The van der Waals surface area contributed by atoms with E-state index in [-0.39, 0.29) is 5.41 Å². The Morgan fingerprint density at radius 1 is 1.35 bits per heavy atom. The van der Waals surface area contributed by atoms with Crippen LogP contribution in [0.25, 0.3) is 0 Å². The van der Waals surface area contributed by atoms with E-state index < -0.39 is 10.0 Å². The fraction of sp³-hybridized carbons (Fsp3) is 0.714. The zero-order chi connectivity index (χ0) is 15.0. The predicted octanol–water partition coefficient (Wildman–Crippen LogP) is 2.96. The average Bonchev–Trinajstić information content (AvgIpc) is 3.03. The van der Waals surface area contributed by atoms with Gasteiger partial charge in [-0.25, -0.2) is 8.42 Å². The fourth-order valence-electron chi connectivity index (χ4n) is 2.93. The van der Waals surface area contributed by atoms with Crippen molar-refractivity contribution in [3.63, 3.8) is 0 Å². The highest BCUT2D eigenvalue weighted by atomic mass is 35.5. The SMILES string of the molecule is CCC1(CC)CCN(S(=O)(=O)c2cc(CCl)n(C)c2)C1. The Morgan fingerprint density at radius 2 is 2.00 bits per heavy atom. The third kappa shape index (κ3) is 2.63. The summed E-state index contributed by atoms with van der Waals surface area (Å²) >= 11 is 5.82.